The van der Waals surface area contributed by atoms with E-state index in [-0.39, 0.29) is 0 Å². The third-order valence-corrected chi connectivity index (χ3v) is 4.65. The Hall–Kier alpha value is -1.81. The number of fused-ring (bicyclic) bond motifs is 1. The van der Waals surface area contributed by atoms with E-state index in [9.17, 15) is 0 Å². The SMILES string of the molecule is c1ccc2c(c1)CNC(C1CC1)CN2CCn1cccn1. The van der Waals surface area contributed by atoms with Gasteiger partial charge in [-0.15, -0.1) is 0 Å². The van der Waals surface area contributed by atoms with E-state index in [1.54, 1.807) is 0 Å². The molecule has 1 aliphatic heterocycles. The molecule has 1 fully saturated rings. The average Bonchev–Trinajstić information content (AvgIpc) is 3.26. The first-order valence-electron chi connectivity index (χ1n) is 7.94. The van der Waals surface area contributed by atoms with Crippen LogP contribution >= 0.6 is 0 Å². The first-order valence-corrected chi connectivity index (χ1v) is 7.94. The van der Waals surface area contributed by atoms with Crippen LogP contribution in [-0.4, -0.2) is 28.9 Å². The molecule has 4 nitrogen and oxygen atoms in total. The van der Waals surface area contributed by atoms with Crippen molar-refractivity contribution in [2.45, 2.75) is 32.0 Å². The van der Waals surface area contributed by atoms with E-state index < -0.39 is 0 Å². The first kappa shape index (κ1) is 12.9. The summed E-state index contributed by atoms with van der Waals surface area (Å²) in [6.45, 7) is 4.07. The Balaban J connectivity index is 1.54. The molecule has 0 spiro atoms. The van der Waals surface area contributed by atoms with Crippen LogP contribution in [0.2, 0.25) is 0 Å². The Morgan fingerprint density at radius 1 is 1.14 bits per heavy atom. The minimum absolute atomic E-state index is 0.634. The van der Waals surface area contributed by atoms with E-state index in [0.29, 0.717) is 6.04 Å². The molecule has 1 unspecified atom stereocenters. The second-order valence-corrected chi connectivity index (χ2v) is 6.17. The molecule has 0 bridgehead atoms. The maximum Gasteiger partial charge on any atom is 0.0584 e. The quantitative estimate of drug-likeness (QED) is 0.934. The van der Waals surface area contributed by atoms with Gasteiger partial charge < -0.3 is 10.2 Å². The van der Waals surface area contributed by atoms with Gasteiger partial charge in [-0.05, 0) is 36.5 Å². The summed E-state index contributed by atoms with van der Waals surface area (Å²) in [6, 6.07) is 11.4. The fourth-order valence-electron chi connectivity index (χ4n) is 3.29. The highest BCUT2D eigenvalue weighted by Crippen LogP contribution is 2.35. The molecule has 1 aromatic carbocycles. The van der Waals surface area contributed by atoms with E-state index in [0.717, 1.165) is 32.1 Å². The second kappa shape index (κ2) is 5.53. The molecule has 0 radical (unpaired) electrons. The molecule has 1 aromatic heterocycles. The Bertz CT molecular complexity index is 589. The molecule has 0 amide bonds. The molecular weight excluding hydrogens is 260 g/mol. The van der Waals surface area contributed by atoms with Gasteiger partial charge in [0.25, 0.3) is 0 Å². The van der Waals surface area contributed by atoms with Crippen molar-refractivity contribution < 1.29 is 0 Å². The molecule has 2 heterocycles. The van der Waals surface area contributed by atoms with Crippen LogP contribution in [0.1, 0.15) is 18.4 Å². The summed E-state index contributed by atoms with van der Waals surface area (Å²) >= 11 is 0. The molecule has 2 aliphatic rings. The summed E-state index contributed by atoms with van der Waals surface area (Å²) in [7, 11) is 0. The summed E-state index contributed by atoms with van der Waals surface area (Å²) in [6.07, 6.45) is 6.67. The highest BCUT2D eigenvalue weighted by atomic mass is 15.3. The lowest BCUT2D eigenvalue weighted by molar-refractivity contribution is 0.461. The summed E-state index contributed by atoms with van der Waals surface area (Å²) in [5.41, 5.74) is 2.81. The second-order valence-electron chi connectivity index (χ2n) is 6.17. The number of hydrogen-bond acceptors (Lipinski definition) is 3. The van der Waals surface area contributed by atoms with Gasteiger partial charge in [0.2, 0.25) is 0 Å². The Kier molecular flexibility index (Phi) is 3.39. The van der Waals surface area contributed by atoms with Crippen molar-refractivity contribution in [2.24, 2.45) is 5.92 Å². The maximum absolute atomic E-state index is 4.32. The van der Waals surface area contributed by atoms with Crippen LogP contribution in [0.4, 0.5) is 5.69 Å². The molecule has 1 N–H and O–H groups in total. The average molecular weight is 282 g/mol. The Morgan fingerprint density at radius 3 is 2.86 bits per heavy atom. The molecule has 21 heavy (non-hydrogen) atoms. The monoisotopic (exact) mass is 282 g/mol. The number of benzene rings is 1. The van der Waals surface area contributed by atoms with Crippen molar-refractivity contribution in [3.05, 3.63) is 48.3 Å². The number of nitrogens with zero attached hydrogens (tertiary/aromatic N) is 3. The topological polar surface area (TPSA) is 33.1 Å². The highest BCUT2D eigenvalue weighted by molar-refractivity contribution is 5.54. The van der Waals surface area contributed by atoms with Crippen LogP contribution in [0.15, 0.2) is 42.7 Å². The third kappa shape index (κ3) is 2.81. The fraction of sp³-hybridized carbons (Fsp3) is 0.471. The lowest BCUT2D eigenvalue weighted by Crippen LogP contribution is -2.41. The van der Waals surface area contributed by atoms with Gasteiger partial charge in [0.05, 0.1) is 6.54 Å². The molecule has 1 aliphatic carbocycles. The van der Waals surface area contributed by atoms with Crippen LogP contribution in [0.5, 0.6) is 0 Å². The minimum Gasteiger partial charge on any atom is -0.368 e. The van der Waals surface area contributed by atoms with Crippen LogP contribution in [0.3, 0.4) is 0 Å². The van der Waals surface area contributed by atoms with E-state index in [1.807, 2.05) is 23.1 Å². The van der Waals surface area contributed by atoms with Gasteiger partial charge in [0.1, 0.15) is 0 Å². The number of anilines is 1. The van der Waals surface area contributed by atoms with Crippen LogP contribution < -0.4 is 10.2 Å². The van der Waals surface area contributed by atoms with Crippen molar-refractivity contribution in [1.29, 1.82) is 0 Å². The predicted molar refractivity (Wildman–Crippen MR) is 84.2 cm³/mol. The van der Waals surface area contributed by atoms with Crippen LogP contribution in [0.25, 0.3) is 0 Å². The number of aromatic nitrogens is 2. The van der Waals surface area contributed by atoms with E-state index in [2.05, 4.69) is 39.6 Å². The first-order chi connectivity index (χ1) is 10.4. The summed E-state index contributed by atoms with van der Waals surface area (Å²) in [5, 5.41) is 8.08. The van der Waals surface area contributed by atoms with Crippen molar-refractivity contribution in [3.63, 3.8) is 0 Å². The van der Waals surface area contributed by atoms with Gasteiger partial charge in [-0.3, -0.25) is 4.68 Å². The number of rotatable bonds is 4. The third-order valence-electron chi connectivity index (χ3n) is 4.65. The van der Waals surface area contributed by atoms with Crippen LogP contribution in [0, 0.1) is 5.92 Å². The molecule has 4 heteroatoms. The van der Waals surface area contributed by atoms with E-state index in [4.69, 9.17) is 0 Å². The zero-order valence-corrected chi connectivity index (χ0v) is 12.3. The molecule has 1 saturated carbocycles. The number of hydrogen-bond donors (Lipinski definition) is 1. The fourth-order valence-corrected chi connectivity index (χ4v) is 3.29. The molecule has 0 saturated heterocycles. The van der Waals surface area contributed by atoms with Crippen molar-refractivity contribution in [3.8, 4) is 0 Å². The van der Waals surface area contributed by atoms with Crippen molar-refractivity contribution in [2.75, 3.05) is 18.0 Å². The van der Waals surface area contributed by atoms with Gasteiger partial charge in [-0.1, -0.05) is 18.2 Å². The standard InChI is InChI=1S/C17H22N4/c1-2-5-17-15(4-1)12-18-16(14-6-7-14)13-20(17)10-11-21-9-3-8-19-21/h1-5,8-9,14,16,18H,6-7,10-13H2. The zero-order chi connectivity index (χ0) is 14.1. The summed E-state index contributed by atoms with van der Waals surface area (Å²) < 4.78 is 2.02. The van der Waals surface area contributed by atoms with E-state index >= 15 is 0 Å². The summed E-state index contributed by atoms with van der Waals surface area (Å²) in [5.74, 6) is 0.881. The maximum atomic E-state index is 4.32. The van der Waals surface area contributed by atoms with Crippen molar-refractivity contribution in [1.82, 2.24) is 15.1 Å². The van der Waals surface area contributed by atoms with Crippen LogP contribution in [-0.2, 0) is 13.1 Å². The van der Waals surface area contributed by atoms with Gasteiger partial charge in [-0.25, -0.2) is 0 Å². The normalized spacial score (nSPS) is 21.9. The lowest BCUT2D eigenvalue weighted by Gasteiger charge is -2.27. The van der Waals surface area contributed by atoms with E-state index in [1.165, 1.54) is 24.1 Å². The Labute approximate surface area is 125 Å². The summed E-state index contributed by atoms with van der Waals surface area (Å²) in [4.78, 5) is 2.54. The number of para-hydroxylation sites is 1. The minimum atomic E-state index is 0.634. The van der Waals surface area contributed by atoms with Gasteiger partial charge in [0.15, 0.2) is 0 Å². The molecule has 110 valence electrons. The predicted octanol–water partition coefficient (Wildman–Crippen LogP) is 2.27. The highest BCUT2D eigenvalue weighted by Gasteiger charge is 2.33. The molecular formula is C17H22N4. The lowest BCUT2D eigenvalue weighted by atomic mass is 10.1. The van der Waals surface area contributed by atoms with Crippen molar-refractivity contribution >= 4 is 5.69 Å². The van der Waals surface area contributed by atoms with Gasteiger partial charge in [0, 0.05) is 43.8 Å². The molecule has 4 rings (SSSR count). The smallest absolute Gasteiger partial charge is 0.0584 e. The zero-order valence-electron chi connectivity index (χ0n) is 12.3. The molecule has 1 atom stereocenters. The Morgan fingerprint density at radius 2 is 2.05 bits per heavy atom. The number of nitrogens with one attached hydrogen (secondary N) is 1. The molecule has 2 aromatic rings. The van der Waals surface area contributed by atoms with Gasteiger partial charge >= 0.3 is 0 Å². The largest absolute Gasteiger partial charge is 0.368 e. The van der Waals surface area contributed by atoms with Gasteiger partial charge in [-0.2, -0.15) is 5.10 Å².